The predicted octanol–water partition coefficient (Wildman–Crippen LogP) is 5.53. The van der Waals surface area contributed by atoms with E-state index in [1.165, 1.54) is 0 Å². The van der Waals surface area contributed by atoms with Crippen LogP contribution in [0.15, 0.2) is 53.1 Å². The molecule has 0 saturated carbocycles. The fraction of sp³-hybridized carbons (Fsp3) is 0.286. The molecule has 0 bridgehead atoms. The zero-order valence-corrected chi connectivity index (χ0v) is 20.8. The molecule has 3 heterocycles. The molecule has 0 saturated heterocycles. The number of fused-ring (bicyclic) bond motifs is 1. The Morgan fingerprint density at radius 2 is 1.86 bits per heavy atom. The quantitative estimate of drug-likeness (QED) is 0.339. The lowest BCUT2D eigenvalue weighted by Crippen LogP contribution is -2.29. The third-order valence-electron chi connectivity index (χ3n) is 6.35. The Balaban J connectivity index is 1.69. The van der Waals surface area contributed by atoms with Crippen LogP contribution in [0.1, 0.15) is 58.4 Å². The van der Waals surface area contributed by atoms with Gasteiger partial charge in [-0.05, 0) is 74.7 Å². The van der Waals surface area contributed by atoms with Crippen LogP contribution in [0.25, 0.3) is 11.3 Å². The molecule has 8 heteroatoms. The summed E-state index contributed by atoms with van der Waals surface area (Å²) in [6.45, 7) is 8.95. The summed E-state index contributed by atoms with van der Waals surface area (Å²) in [4.78, 5) is 15.4. The molecule has 0 fully saturated rings. The first kappa shape index (κ1) is 23.5. The van der Waals surface area contributed by atoms with Gasteiger partial charge in [-0.1, -0.05) is 12.1 Å². The SMILES string of the molecule is CCOc1ccc([C@H]2c3c(-c4c(C)cc(C)cc4O)n[nH]c3C(=O)N2Cc2ccco2)cc1OCC. The monoisotopic (exact) mass is 487 g/mol. The standard InChI is InChI=1S/C28H29N3O5/c1-5-34-21-10-9-18(14-22(21)35-6-2)27-24-25(23-17(4)12-16(3)13-20(23)32)29-30-26(24)28(33)31(27)15-19-8-7-11-36-19/h7-14,27,32H,5-6,15H2,1-4H3,(H,29,30)/t27-/m0/s1. The lowest BCUT2D eigenvalue weighted by atomic mass is 9.93. The van der Waals surface area contributed by atoms with Crippen LogP contribution >= 0.6 is 0 Å². The Morgan fingerprint density at radius 1 is 1.08 bits per heavy atom. The summed E-state index contributed by atoms with van der Waals surface area (Å²) in [7, 11) is 0. The number of aryl methyl sites for hydroxylation is 2. The number of nitrogens with one attached hydrogen (secondary N) is 1. The van der Waals surface area contributed by atoms with Crippen molar-refractivity contribution in [2.45, 2.75) is 40.3 Å². The van der Waals surface area contributed by atoms with Crippen LogP contribution in [-0.4, -0.2) is 39.3 Å². The second kappa shape index (κ2) is 9.45. The summed E-state index contributed by atoms with van der Waals surface area (Å²) in [6.07, 6.45) is 1.59. The zero-order chi connectivity index (χ0) is 25.4. The van der Waals surface area contributed by atoms with Gasteiger partial charge in [-0.25, -0.2) is 0 Å². The number of aromatic nitrogens is 2. The number of aromatic hydroxyl groups is 1. The number of H-pyrrole nitrogens is 1. The molecule has 1 aliphatic rings. The van der Waals surface area contributed by atoms with E-state index in [1.807, 2.05) is 58.0 Å². The van der Waals surface area contributed by atoms with E-state index in [4.69, 9.17) is 13.9 Å². The maximum Gasteiger partial charge on any atom is 0.273 e. The number of amides is 1. The highest BCUT2D eigenvalue weighted by Crippen LogP contribution is 2.47. The van der Waals surface area contributed by atoms with Gasteiger partial charge in [-0.15, -0.1) is 0 Å². The normalized spacial score (nSPS) is 14.8. The summed E-state index contributed by atoms with van der Waals surface area (Å²) in [5, 5.41) is 18.3. The first-order chi connectivity index (χ1) is 17.4. The molecule has 8 nitrogen and oxygen atoms in total. The number of hydrogen-bond donors (Lipinski definition) is 2. The van der Waals surface area contributed by atoms with Crippen molar-refractivity contribution >= 4 is 5.91 Å². The molecule has 5 rings (SSSR count). The Labute approximate surface area is 209 Å². The second-order valence-electron chi connectivity index (χ2n) is 8.82. The molecule has 186 valence electrons. The second-order valence-corrected chi connectivity index (χ2v) is 8.82. The minimum Gasteiger partial charge on any atom is -0.507 e. The first-order valence-electron chi connectivity index (χ1n) is 12.0. The molecular formula is C28H29N3O5. The van der Waals surface area contributed by atoms with Crippen LogP contribution in [0, 0.1) is 13.8 Å². The molecule has 1 amide bonds. The number of rotatable bonds is 8. The fourth-order valence-corrected chi connectivity index (χ4v) is 4.96. The van der Waals surface area contributed by atoms with Crippen LogP contribution in [0.3, 0.4) is 0 Å². The van der Waals surface area contributed by atoms with E-state index in [9.17, 15) is 9.90 Å². The minimum absolute atomic E-state index is 0.124. The van der Waals surface area contributed by atoms with Gasteiger partial charge in [0.25, 0.3) is 5.91 Å². The van der Waals surface area contributed by atoms with E-state index in [1.54, 1.807) is 23.3 Å². The average Bonchev–Trinajstić information content (AvgIpc) is 3.55. The van der Waals surface area contributed by atoms with E-state index in [2.05, 4.69) is 10.2 Å². The van der Waals surface area contributed by atoms with Crippen LogP contribution in [0.4, 0.5) is 0 Å². The van der Waals surface area contributed by atoms with E-state index in [0.717, 1.165) is 16.7 Å². The molecular weight excluding hydrogens is 458 g/mol. The number of phenolic OH excluding ortho intramolecular Hbond substituents is 1. The van der Waals surface area contributed by atoms with Crippen molar-refractivity contribution in [3.63, 3.8) is 0 Å². The molecule has 2 aromatic heterocycles. The maximum atomic E-state index is 13.6. The number of furan rings is 1. The van der Waals surface area contributed by atoms with Gasteiger partial charge >= 0.3 is 0 Å². The van der Waals surface area contributed by atoms with Crippen molar-refractivity contribution in [3.05, 3.63) is 82.4 Å². The number of aromatic amines is 1. The third kappa shape index (κ3) is 3.98. The molecule has 0 unspecified atom stereocenters. The van der Waals surface area contributed by atoms with Gasteiger partial charge in [-0.3, -0.25) is 9.89 Å². The molecule has 1 aliphatic heterocycles. The highest BCUT2D eigenvalue weighted by Gasteiger charge is 2.43. The van der Waals surface area contributed by atoms with Crippen molar-refractivity contribution < 1.29 is 23.8 Å². The van der Waals surface area contributed by atoms with Crippen LogP contribution in [0.5, 0.6) is 17.2 Å². The Kier molecular flexibility index (Phi) is 6.18. The van der Waals surface area contributed by atoms with Crippen molar-refractivity contribution in [1.82, 2.24) is 15.1 Å². The number of carbonyl (C=O) groups excluding carboxylic acids is 1. The van der Waals surface area contributed by atoms with Crippen molar-refractivity contribution in [2.75, 3.05) is 13.2 Å². The lowest BCUT2D eigenvalue weighted by Gasteiger charge is -2.26. The smallest absolute Gasteiger partial charge is 0.273 e. The Hall–Kier alpha value is -4.20. The maximum absolute atomic E-state index is 13.6. The highest BCUT2D eigenvalue weighted by molar-refractivity contribution is 6.00. The molecule has 36 heavy (non-hydrogen) atoms. The fourth-order valence-electron chi connectivity index (χ4n) is 4.96. The molecule has 0 spiro atoms. The van der Waals surface area contributed by atoms with Gasteiger partial charge < -0.3 is 23.9 Å². The van der Waals surface area contributed by atoms with Gasteiger partial charge in [0.15, 0.2) is 11.5 Å². The van der Waals surface area contributed by atoms with E-state index < -0.39 is 6.04 Å². The summed E-state index contributed by atoms with van der Waals surface area (Å²) in [6, 6.07) is 12.6. The number of ether oxygens (including phenoxy) is 2. The van der Waals surface area contributed by atoms with E-state index >= 15 is 0 Å². The third-order valence-corrected chi connectivity index (χ3v) is 6.35. The summed E-state index contributed by atoms with van der Waals surface area (Å²) < 4.78 is 17.2. The van der Waals surface area contributed by atoms with Gasteiger partial charge in [0.2, 0.25) is 0 Å². The molecule has 2 N–H and O–H groups in total. The number of benzene rings is 2. The van der Waals surface area contributed by atoms with Gasteiger partial charge in [0.05, 0.1) is 32.1 Å². The molecule has 4 aromatic rings. The Morgan fingerprint density at radius 3 is 2.56 bits per heavy atom. The van der Waals surface area contributed by atoms with Crippen molar-refractivity contribution in [1.29, 1.82) is 0 Å². The van der Waals surface area contributed by atoms with E-state index in [-0.39, 0.29) is 18.2 Å². The number of carbonyl (C=O) groups is 1. The zero-order valence-electron chi connectivity index (χ0n) is 20.8. The van der Waals surface area contributed by atoms with Gasteiger partial charge in [-0.2, -0.15) is 5.10 Å². The number of hydrogen-bond acceptors (Lipinski definition) is 6. The van der Waals surface area contributed by atoms with Crippen molar-refractivity contribution in [2.24, 2.45) is 0 Å². The number of phenols is 1. The summed E-state index contributed by atoms with van der Waals surface area (Å²) >= 11 is 0. The van der Waals surface area contributed by atoms with Gasteiger partial charge in [0, 0.05) is 11.1 Å². The van der Waals surface area contributed by atoms with Crippen LogP contribution < -0.4 is 9.47 Å². The largest absolute Gasteiger partial charge is 0.507 e. The molecule has 0 aliphatic carbocycles. The predicted molar refractivity (Wildman–Crippen MR) is 134 cm³/mol. The topological polar surface area (TPSA) is 101 Å². The molecule has 2 aromatic carbocycles. The summed E-state index contributed by atoms with van der Waals surface area (Å²) in [5.74, 6) is 1.85. The average molecular weight is 488 g/mol. The molecule has 0 radical (unpaired) electrons. The van der Waals surface area contributed by atoms with Crippen LogP contribution in [-0.2, 0) is 6.54 Å². The summed E-state index contributed by atoms with van der Waals surface area (Å²) in [5.41, 5.74) is 4.92. The van der Waals surface area contributed by atoms with Crippen LogP contribution in [0.2, 0.25) is 0 Å². The highest BCUT2D eigenvalue weighted by atomic mass is 16.5. The lowest BCUT2D eigenvalue weighted by molar-refractivity contribution is 0.0716. The minimum atomic E-state index is -0.485. The van der Waals surface area contributed by atoms with Crippen molar-refractivity contribution in [3.8, 4) is 28.5 Å². The Bertz CT molecular complexity index is 1380. The van der Waals surface area contributed by atoms with E-state index in [0.29, 0.717) is 53.0 Å². The first-order valence-corrected chi connectivity index (χ1v) is 12.0. The number of nitrogens with zero attached hydrogens (tertiary/aromatic N) is 2. The molecule has 1 atom stereocenters. The van der Waals surface area contributed by atoms with Gasteiger partial charge in [0.1, 0.15) is 22.9 Å².